The number of hydrogen-bond acceptors (Lipinski definition) is 3. The molecule has 1 rings (SSSR count). The van der Waals surface area contributed by atoms with Gasteiger partial charge in [-0.15, -0.1) is 0 Å². The summed E-state index contributed by atoms with van der Waals surface area (Å²) in [6.45, 7) is 0.873. The van der Waals surface area contributed by atoms with Gasteiger partial charge in [-0.1, -0.05) is 24.1 Å². The van der Waals surface area contributed by atoms with E-state index in [1.54, 1.807) is 24.3 Å². The van der Waals surface area contributed by atoms with E-state index >= 15 is 0 Å². The van der Waals surface area contributed by atoms with Crippen molar-refractivity contribution in [2.75, 3.05) is 25.1 Å². The summed E-state index contributed by atoms with van der Waals surface area (Å²) < 4.78 is 7.43. The van der Waals surface area contributed by atoms with Crippen LogP contribution in [0, 0.1) is 9.85 Å². The zero-order chi connectivity index (χ0) is 13.6. The number of aliphatic hydroxyl groups is 1. The fraction of sp³-hybridized carbons (Fsp3) is 0.250. The van der Waals surface area contributed by atoms with Crippen LogP contribution in [0.4, 0.5) is 10.5 Å². The molecule has 0 fully saturated rings. The summed E-state index contributed by atoms with van der Waals surface area (Å²) in [5.74, 6) is 2.69. The second kappa shape index (κ2) is 12.2. The van der Waals surface area contributed by atoms with Crippen molar-refractivity contribution in [3.05, 3.63) is 30.3 Å². The van der Waals surface area contributed by atoms with Crippen LogP contribution in [-0.4, -0.2) is 36.1 Å². The molecule has 0 aliphatic heterocycles. The third kappa shape index (κ3) is 11.2. The Morgan fingerprint density at radius 3 is 2.56 bits per heavy atom. The maximum absolute atomic E-state index is 10.1. The lowest BCUT2D eigenvalue weighted by atomic mass is 10.3. The Kier molecular flexibility index (Phi) is 11.3. The number of benzene rings is 1. The molecule has 0 aromatic heterocycles. The first-order valence-electron chi connectivity index (χ1n) is 5.02. The molecular weight excluding hydrogens is 349 g/mol. The number of rotatable bonds is 4. The standard InChI is InChI=1S/C7H7NO2.C5H7IO2/c9-7(10)8-6-4-2-1-3-5-6;6-2-1-4-8-5-3-7/h1-5,8H,(H,9,10);7H,3-5H2. The number of nitrogens with one attached hydrogen (secondary N) is 1. The van der Waals surface area contributed by atoms with Gasteiger partial charge in [0.25, 0.3) is 0 Å². The van der Waals surface area contributed by atoms with E-state index in [0.29, 0.717) is 18.9 Å². The molecular formula is C12H14INO4. The fourth-order valence-electron chi connectivity index (χ4n) is 0.860. The van der Waals surface area contributed by atoms with Crippen LogP contribution in [0.5, 0.6) is 0 Å². The van der Waals surface area contributed by atoms with Gasteiger partial charge in [0.1, 0.15) is 6.61 Å². The van der Waals surface area contributed by atoms with Crippen LogP contribution in [0.25, 0.3) is 0 Å². The summed E-state index contributed by atoms with van der Waals surface area (Å²) in [4.78, 5) is 10.1. The summed E-state index contributed by atoms with van der Waals surface area (Å²) in [5, 5.41) is 18.7. The Bertz CT molecular complexity index is 386. The Balaban J connectivity index is 0.000000331. The first-order valence-corrected chi connectivity index (χ1v) is 6.10. The van der Waals surface area contributed by atoms with Crippen molar-refractivity contribution in [1.82, 2.24) is 0 Å². The molecule has 0 atom stereocenters. The van der Waals surface area contributed by atoms with Crippen LogP contribution in [-0.2, 0) is 4.74 Å². The minimum atomic E-state index is -1.04. The molecule has 98 valence electrons. The highest BCUT2D eigenvalue weighted by atomic mass is 127. The van der Waals surface area contributed by atoms with E-state index in [0.717, 1.165) is 0 Å². The molecule has 3 N–H and O–H groups in total. The quantitative estimate of drug-likeness (QED) is 0.435. The molecule has 1 aromatic carbocycles. The van der Waals surface area contributed by atoms with Crippen LogP contribution in [0.15, 0.2) is 30.3 Å². The van der Waals surface area contributed by atoms with Gasteiger partial charge in [-0.25, -0.2) is 4.79 Å². The van der Waals surface area contributed by atoms with E-state index in [-0.39, 0.29) is 6.61 Å². The van der Waals surface area contributed by atoms with Crippen LogP contribution >= 0.6 is 22.6 Å². The summed E-state index contributed by atoms with van der Waals surface area (Å²) in [7, 11) is 0. The lowest BCUT2D eigenvalue weighted by Crippen LogP contribution is -2.06. The second-order valence-corrected chi connectivity index (χ2v) is 3.38. The summed E-state index contributed by atoms with van der Waals surface area (Å²) >= 11 is 1.94. The van der Waals surface area contributed by atoms with Gasteiger partial charge in [0, 0.05) is 28.3 Å². The van der Waals surface area contributed by atoms with Gasteiger partial charge >= 0.3 is 6.09 Å². The zero-order valence-electron chi connectivity index (χ0n) is 9.60. The first-order chi connectivity index (χ1) is 8.70. The maximum Gasteiger partial charge on any atom is 0.409 e. The first kappa shape index (κ1) is 16.7. The predicted molar refractivity (Wildman–Crippen MR) is 77.8 cm³/mol. The van der Waals surface area contributed by atoms with E-state index in [2.05, 4.69) is 15.2 Å². The summed E-state index contributed by atoms with van der Waals surface area (Å²) in [6.07, 6.45) is -1.04. The van der Waals surface area contributed by atoms with Crippen LogP contribution in [0.3, 0.4) is 0 Å². The number of para-hydroxylation sites is 1. The van der Waals surface area contributed by atoms with Crippen molar-refractivity contribution in [1.29, 1.82) is 0 Å². The molecule has 0 radical (unpaired) electrons. The average Bonchev–Trinajstić information content (AvgIpc) is 2.36. The molecule has 18 heavy (non-hydrogen) atoms. The van der Waals surface area contributed by atoms with Gasteiger partial charge in [0.15, 0.2) is 0 Å². The normalized spacial score (nSPS) is 8.33. The number of carboxylic acid groups (broad SMARTS) is 1. The number of carbonyl (C=O) groups is 1. The maximum atomic E-state index is 10.1. The van der Waals surface area contributed by atoms with E-state index in [1.165, 1.54) is 0 Å². The second-order valence-electron chi connectivity index (χ2n) is 2.84. The number of anilines is 1. The number of ether oxygens (including phenoxy) is 1. The summed E-state index contributed by atoms with van der Waals surface area (Å²) in [6, 6.07) is 8.74. The molecule has 0 aliphatic carbocycles. The molecule has 5 nitrogen and oxygen atoms in total. The highest BCUT2D eigenvalue weighted by Gasteiger charge is 1.93. The average molecular weight is 363 g/mol. The Labute approximate surface area is 119 Å². The molecule has 0 saturated heterocycles. The van der Waals surface area contributed by atoms with Crippen LogP contribution in [0.2, 0.25) is 0 Å². The Morgan fingerprint density at radius 1 is 1.39 bits per heavy atom. The van der Waals surface area contributed by atoms with E-state index in [9.17, 15) is 4.79 Å². The van der Waals surface area contributed by atoms with Gasteiger partial charge in [0.05, 0.1) is 13.2 Å². The van der Waals surface area contributed by atoms with Crippen molar-refractivity contribution in [2.45, 2.75) is 0 Å². The molecule has 6 heteroatoms. The van der Waals surface area contributed by atoms with Gasteiger partial charge in [0.2, 0.25) is 0 Å². The Morgan fingerprint density at radius 2 is 2.06 bits per heavy atom. The topological polar surface area (TPSA) is 78.8 Å². The van der Waals surface area contributed by atoms with E-state index in [1.807, 2.05) is 28.7 Å². The Hall–Kier alpha value is -1.30. The van der Waals surface area contributed by atoms with E-state index in [4.69, 9.17) is 14.9 Å². The zero-order valence-corrected chi connectivity index (χ0v) is 11.8. The molecule has 1 aromatic rings. The highest BCUT2D eigenvalue weighted by molar-refractivity contribution is 14.1. The molecule has 0 bridgehead atoms. The highest BCUT2D eigenvalue weighted by Crippen LogP contribution is 2.03. The number of amides is 1. The van der Waals surface area contributed by atoms with Crippen molar-refractivity contribution < 1.29 is 19.7 Å². The lowest BCUT2D eigenvalue weighted by Gasteiger charge is -1.96. The third-order valence-electron chi connectivity index (χ3n) is 1.50. The molecule has 0 unspecified atom stereocenters. The van der Waals surface area contributed by atoms with Crippen molar-refractivity contribution in [3.8, 4) is 9.85 Å². The molecule has 1 amide bonds. The molecule has 0 spiro atoms. The number of hydrogen-bond donors (Lipinski definition) is 3. The molecule has 0 saturated carbocycles. The summed E-state index contributed by atoms with van der Waals surface area (Å²) in [5.41, 5.74) is 0.593. The smallest absolute Gasteiger partial charge is 0.409 e. The van der Waals surface area contributed by atoms with Gasteiger partial charge in [-0.05, 0) is 16.1 Å². The third-order valence-corrected chi connectivity index (χ3v) is 1.88. The van der Waals surface area contributed by atoms with Crippen LogP contribution in [0.1, 0.15) is 0 Å². The minimum Gasteiger partial charge on any atom is -0.465 e. The van der Waals surface area contributed by atoms with Gasteiger partial charge in [-0.2, -0.15) is 0 Å². The number of aliphatic hydroxyl groups excluding tert-OH is 1. The largest absolute Gasteiger partial charge is 0.465 e. The van der Waals surface area contributed by atoms with Gasteiger partial charge in [-0.3, -0.25) is 5.32 Å². The predicted octanol–water partition coefficient (Wildman–Crippen LogP) is 2.17. The SMILES string of the molecule is O=C(O)Nc1ccccc1.OCCOCC#CI. The van der Waals surface area contributed by atoms with Gasteiger partial charge < -0.3 is 14.9 Å². The lowest BCUT2D eigenvalue weighted by molar-refractivity contribution is 0.115. The van der Waals surface area contributed by atoms with Crippen molar-refractivity contribution in [3.63, 3.8) is 0 Å². The van der Waals surface area contributed by atoms with Crippen molar-refractivity contribution in [2.24, 2.45) is 0 Å². The van der Waals surface area contributed by atoms with Crippen LogP contribution < -0.4 is 5.32 Å². The molecule has 0 aliphatic rings. The monoisotopic (exact) mass is 363 g/mol. The fourth-order valence-corrected chi connectivity index (χ4v) is 1.02. The number of halogens is 1. The minimum absolute atomic E-state index is 0.0723. The van der Waals surface area contributed by atoms with Crippen molar-refractivity contribution >= 4 is 34.4 Å². The molecule has 0 heterocycles. The van der Waals surface area contributed by atoms with E-state index < -0.39 is 6.09 Å².